The predicted molar refractivity (Wildman–Crippen MR) is 57.1 cm³/mol. The molecular formula is C10H11Cl2FO. The molecule has 0 radical (unpaired) electrons. The lowest BCUT2D eigenvalue weighted by Crippen LogP contribution is -1.94. The normalized spacial score (nSPS) is 10.2. The van der Waals surface area contributed by atoms with Crippen molar-refractivity contribution < 1.29 is 9.13 Å². The van der Waals surface area contributed by atoms with Crippen molar-refractivity contribution in [2.75, 3.05) is 12.7 Å². The van der Waals surface area contributed by atoms with Crippen molar-refractivity contribution in [1.82, 2.24) is 0 Å². The van der Waals surface area contributed by atoms with Crippen LogP contribution in [-0.4, -0.2) is 12.7 Å². The molecule has 0 saturated carbocycles. The first-order valence-electron chi connectivity index (χ1n) is 4.31. The molecule has 78 valence electrons. The van der Waals surface area contributed by atoms with Gasteiger partial charge in [-0.15, -0.1) is 11.6 Å². The van der Waals surface area contributed by atoms with Crippen LogP contribution in [0.1, 0.15) is 12.0 Å². The van der Waals surface area contributed by atoms with Crippen LogP contribution in [-0.2, 0) is 6.42 Å². The highest BCUT2D eigenvalue weighted by Crippen LogP contribution is 2.28. The molecule has 0 aromatic heterocycles. The number of alkyl halides is 2. The number of halogens is 3. The minimum atomic E-state index is -0.862. The van der Waals surface area contributed by atoms with E-state index in [1.165, 1.54) is 0 Å². The van der Waals surface area contributed by atoms with Crippen molar-refractivity contribution in [2.45, 2.75) is 12.8 Å². The second kappa shape index (κ2) is 6.10. The van der Waals surface area contributed by atoms with E-state index < -0.39 is 6.86 Å². The van der Waals surface area contributed by atoms with Crippen LogP contribution < -0.4 is 4.74 Å². The zero-order valence-corrected chi connectivity index (χ0v) is 9.11. The molecule has 0 aliphatic heterocycles. The highest BCUT2D eigenvalue weighted by molar-refractivity contribution is 6.32. The summed E-state index contributed by atoms with van der Waals surface area (Å²) in [5, 5.41) is 0.482. The van der Waals surface area contributed by atoms with Gasteiger partial charge in [-0.2, -0.15) is 0 Å². The lowest BCUT2D eigenvalue weighted by molar-refractivity contribution is 0.192. The predicted octanol–water partition coefficient (Wildman–Crippen LogP) is 3.82. The van der Waals surface area contributed by atoms with E-state index in [4.69, 9.17) is 27.9 Å². The average Bonchev–Trinajstić information content (AvgIpc) is 2.20. The number of rotatable bonds is 5. The molecule has 1 nitrogen and oxygen atoms in total. The fraction of sp³-hybridized carbons (Fsp3) is 0.400. The SMILES string of the molecule is FCOc1cccc(CCCCl)c1Cl. The third-order valence-corrected chi connectivity index (χ3v) is 2.53. The summed E-state index contributed by atoms with van der Waals surface area (Å²) in [6, 6.07) is 5.33. The zero-order valence-electron chi connectivity index (χ0n) is 7.60. The van der Waals surface area contributed by atoms with E-state index in [0.717, 1.165) is 18.4 Å². The molecule has 1 aromatic rings. The average molecular weight is 237 g/mol. The van der Waals surface area contributed by atoms with Crippen LogP contribution in [0.3, 0.4) is 0 Å². The van der Waals surface area contributed by atoms with E-state index in [0.29, 0.717) is 16.7 Å². The van der Waals surface area contributed by atoms with Gasteiger partial charge < -0.3 is 4.74 Å². The summed E-state index contributed by atoms with van der Waals surface area (Å²) >= 11 is 11.6. The molecule has 0 atom stereocenters. The Balaban J connectivity index is 2.78. The lowest BCUT2D eigenvalue weighted by Gasteiger charge is -2.08. The van der Waals surface area contributed by atoms with Gasteiger partial charge >= 0.3 is 0 Å². The smallest absolute Gasteiger partial charge is 0.228 e. The molecule has 0 heterocycles. The van der Waals surface area contributed by atoms with Crippen LogP contribution >= 0.6 is 23.2 Å². The first-order chi connectivity index (χ1) is 6.79. The Labute approximate surface area is 92.8 Å². The Morgan fingerprint density at radius 1 is 1.36 bits per heavy atom. The van der Waals surface area contributed by atoms with Crippen LogP contribution in [0.25, 0.3) is 0 Å². The van der Waals surface area contributed by atoms with E-state index in [9.17, 15) is 4.39 Å². The summed E-state index contributed by atoms with van der Waals surface area (Å²) < 4.78 is 16.7. The fourth-order valence-corrected chi connectivity index (χ4v) is 1.59. The molecule has 0 amide bonds. The van der Waals surface area contributed by atoms with Crippen molar-refractivity contribution in [2.24, 2.45) is 0 Å². The topological polar surface area (TPSA) is 9.23 Å². The maximum Gasteiger partial charge on any atom is 0.228 e. The summed E-state index contributed by atoms with van der Waals surface area (Å²) in [5.41, 5.74) is 0.943. The van der Waals surface area contributed by atoms with Crippen LogP contribution in [0.5, 0.6) is 5.75 Å². The number of aryl methyl sites for hydroxylation is 1. The minimum Gasteiger partial charge on any atom is -0.461 e. The number of hydrogen-bond donors (Lipinski definition) is 0. The van der Waals surface area contributed by atoms with Gasteiger partial charge in [0.15, 0.2) is 0 Å². The Bertz CT molecular complexity index is 291. The number of hydrogen-bond acceptors (Lipinski definition) is 1. The molecular weight excluding hydrogens is 226 g/mol. The van der Waals surface area contributed by atoms with Gasteiger partial charge in [-0.3, -0.25) is 0 Å². The second-order valence-electron chi connectivity index (χ2n) is 2.78. The minimum absolute atomic E-state index is 0.390. The van der Waals surface area contributed by atoms with Crippen molar-refractivity contribution in [1.29, 1.82) is 0 Å². The van der Waals surface area contributed by atoms with Gasteiger partial charge in [0.2, 0.25) is 6.86 Å². The van der Waals surface area contributed by atoms with Gasteiger partial charge in [0.25, 0.3) is 0 Å². The molecule has 0 bridgehead atoms. The molecule has 4 heteroatoms. The van der Waals surface area contributed by atoms with Crippen molar-refractivity contribution >= 4 is 23.2 Å². The Hall–Kier alpha value is -0.470. The summed E-state index contributed by atoms with van der Waals surface area (Å²) in [6.45, 7) is -0.862. The maximum atomic E-state index is 11.9. The summed E-state index contributed by atoms with van der Waals surface area (Å²) in [5.74, 6) is 0.978. The van der Waals surface area contributed by atoms with E-state index in [2.05, 4.69) is 0 Å². The molecule has 0 fully saturated rings. The molecule has 0 saturated heterocycles. The first-order valence-corrected chi connectivity index (χ1v) is 5.23. The molecule has 1 aromatic carbocycles. The Kier molecular flexibility index (Phi) is 5.05. The van der Waals surface area contributed by atoms with Crippen LogP contribution in [0.4, 0.5) is 4.39 Å². The van der Waals surface area contributed by atoms with E-state index in [1.807, 2.05) is 6.07 Å². The van der Waals surface area contributed by atoms with Gasteiger partial charge in [0, 0.05) is 5.88 Å². The van der Waals surface area contributed by atoms with Gasteiger partial charge in [-0.05, 0) is 24.5 Å². The molecule has 0 aliphatic rings. The molecule has 0 N–H and O–H groups in total. The van der Waals surface area contributed by atoms with Gasteiger partial charge in [0.1, 0.15) is 5.75 Å². The quantitative estimate of drug-likeness (QED) is 0.707. The van der Waals surface area contributed by atoms with Crippen molar-refractivity contribution in [3.8, 4) is 5.75 Å². The number of benzene rings is 1. The highest BCUT2D eigenvalue weighted by Gasteiger charge is 2.06. The second-order valence-corrected chi connectivity index (χ2v) is 3.53. The van der Waals surface area contributed by atoms with Crippen molar-refractivity contribution in [3.05, 3.63) is 28.8 Å². The molecule has 1 rings (SSSR count). The monoisotopic (exact) mass is 236 g/mol. The standard InChI is InChI=1S/C10H11Cl2FO/c11-6-2-4-8-3-1-5-9(10(8)12)14-7-13/h1,3,5H,2,4,6-7H2. The van der Waals surface area contributed by atoms with E-state index in [-0.39, 0.29) is 0 Å². The first kappa shape index (κ1) is 11.6. The van der Waals surface area contributed by atoms with Gasteiger partial charge in [0.05, 0.1) is 5.02 Å². The fourth-order valence-electron chi connectivity index (χ4n) is 1.18. The maximum absolute atomic E-state index is 11.9. The third kappa shape index (κ3) is 3.03. The molecule has 0 aliphatic carbocycles. The van der Waals surface area contributed by atoms with Gasteiger partial charge in [-0.25, -0.2) is 4.39 Å². The third-order valence-electron chi connectivity index (χ3n) is 1.83. The summed E-state index contributed by atoms with van der Waals surface area (Å²) in [6.07, 6.45) is 1.63. The van der Waals surface area contributed by atoms with Gasteiger partial charge in [-0.1, -0.05) is 23.7 Å². The van der Waals surface area contributed by atoms with Crippen LogP contribution in [0, 0.1) is 0 Å². The lowest BCUT2D eigenvalue weighted by atomic mass is 10.1. The molecule has 14 heavy (non-hydrogen) atoms. The Morgan fingerprint density at radius 3 is 2.79 bits per heavy atom. The van der Waals surface area contributed by atoms with Crippen LogP contribution in [0.15, 0.2) is 18.2 Å². The molecule has 0 spiro atoms. The molecule has 0 unspecified atom stereocenters. The summed E-state index contributed by atoms with van der Waals surface area (Å²) in [4.78, 5) is 0. The zero-order chi connectivity index (χ0) is 10.4. The van der Waals surface area contributed by atoms with E-state index >= 15 is 0 Å². The Morgan fingerprint density at radius 2 is 2.14 bits per heavy atom. The van der Waals surface area contributed by atoms with Crippen molar-refractivity contribution in [3.63, 3.8) is 0 Å². The highest BCUT2D eigenvalue weighted by atomic mass is 35.5. The van der Waals surface area contributed by atoms with Crippen LogP contribution in [0.2, 0.25) is 5.02 Å². The largest absolute Gasteiger partial charge is 0.461 e. The van der Waals surface area contributed by atoms with E-state index in [1.54, 1.807) is 12.1 Å². The number of ether oxygens (including phenoxy) is 1. The summed E-state index contributed by atoms with van der Waals surface area (Å²) in [7, 11) is 0.